The van der Waals surface area contributed by atoms with Gasteiger partial charge in [0.2, 0.25) is 10.3 Å². The molecule has 2 atom stereocenters. The van der Waals surface area contributed by atoms with Gasteiger partial charge in [0, 0.05) is 25.2 Å². The summed E-state index contributed by atoms with van der Waals surface area (Å²) in [6.45, 7) is 1.61. The maximum Gasteiger partial charge on any atom is 0.277 e. The fourth-order valence-electron chi connectivity index (χ4n) is 7.99. The zero-order valence-corrected chi connectivity index (χ0v) is 37.9. The minimum absolute atomic E-state index is 0.0243. The summed E-state index contributed by atoms with van der Waals surface area (Å²) < 4.78 is 78.6. The Labute approximate surface area is 385 Å². The molecule has 0 aliphatic carbocycles. The van der Waals surface area contributed by atoms with Crippen LogP contribution in [-0.2, 0) is 39.8 Å². The van der Waals surface area contributed by atoms with E-state index in [-0.39, 0.29) is 29.4 Å². The number of H-pyrrole nitrogens is 2. The van der Waals surface area contributed by atoms with Gasteiger partial charge >= 0.3 is 0 Å². The first-order chi connectivity index (χ1) is 32.6. The van der Waals surface area contributed by atoms with Gasteiger partial charge in [0.05, 0.1) is 34.2 Å². The van der Waals surface area contributed by atoms with Crippen LogP contribution in [0.25, 0.3) is 22.1 Å². The van der Waals surface area contributed by atoms with Crippen LogP contribution < -0.4 is 14.8 Å². The minimum atomic E-state index is -3.89. The zero-order valence-electron chi connectivity index (χ0n) is 36.3. The molecule has 2 saturated heterocycles. The standard InChI is InChI=1S/C23H26N6O4S.C22H21N5O5S/c1-24-14-16-9-11-17(12-10-16)32-15-21-27-22(28-33-21)20-8-4-5-13-29(20)34(30,31)23-25-18-6-2-3-7-19(18)26-23;28-13-15-8-10-16(11-9-15)31-14-20-25-21(26-32-20)19-7-3-4-12-27(19)33(29,30)22-23-17-5-1-2-6-18(17)24-22/h2-3,6-7,9-12,20,24H,4-5,8,13-15H2,1H3,(H,25,26);1-2,5-6,8-11,13,19H,3-4,7,12,14H2,(H,23,24). The van der Waals surface area contributed by atoms with Crippen molar-refractivity contribution in [3.05, 3.63) is 132 Å². The molecule has 0 amide bonds. The van der Waals surface area contributed by atoms with Gasteiger partial charge in [-0.15, -0.1) is 0 Å². The van der Waals surface area contributed by atoms with Gasteiger partial charge in [-0.05, 0) is 99.0 Å². The lowest BCUT2D eigenvalue weighted by Gasteiger charge is -2.31. The summed E-state index contributed by atoms with van der Waals surface area (Å²) in [5.74, 6) is 2.39. The second kappa shape index (κ2) is 19.9. The number of carbonyl (C=O) groups excluding carboxylic acids is 1. The Kier molecular flexibility index (Phi) is 13.5. The van der Waals surface area contributed by atoms with Crippen molar-refractivity contribution in [1.29, 1.82) is 0 Å². The highest BCUT2D eigenvalue weighted by atomic mass is 32.2. The Morgan fingerprint density at radius 2 is 1.10 bits per heavy atom. The van der Waals surface area contributed by atoms with E-state index in [1.54, 1.807) is 48.5 Å². The quantitative estimate of drug-likeness (QED) is 0.0938. The van der Waals surface area contributed by atoms with Gasteiger partial charge in [-0.1, -0.05) is 59.6 Å². The number of imidazole rings is 2. The monoisotopic (exact) mass is 949 g/mol. The van der Waals surface area contributed by atoms with E-state index < -0.39 is 32.1 Å². The summed E-state index contributed by atoms with van der Waals surface area (Å²) in [5, 5.41) is 11.0. The van der Waals surface area contributed by atoms with Gasteiger partial charge in [0.15, 0.2) is 24.9 Å². The lowest BCUT2D eigenvalue weighted by atomic mass is 10.0. The predicted molar refractivity (Wildman–Crippen MR) is 241 cm³/mol. The highest BCUT2D eigenvalue weighted by Crippen LogP contribution is 2.36. The summed E-state index contributed by atoms with van der Waals surface area (Å²) >= 11 is 0. The van der Waals surface area contributed by atoms with Gasteiger partial charge < -0.3 is 33.8 Å². The van der Waals surface area contributed by atoms with Crippen molar-refractivity contribution in [1.82, 2.24) is 54.1 Å². The molecule has 22 heteroatoms. The number of aldehydes is 1. The SMILES string of the molecule is CNCc1ccc(OCc2nc(C3CCCCN3S(=O)(=O)c3nc4ccccc4[nH]3)no2)cc1.O=Cc1ccc(OCc2nc(C3CCCCN3S(=O)(=O)c3nc4ccccc4[nH]3)no2)cc1. The lowest BCUT2D eigenvalue weighted by Crippen LogP contribution is -2.39. The first-order valence-electron chi connectivity index (χ1n) is 21.7. The molecule has 0 bridgehead atoms. The van der Waals surface area contributed by atoms with Crippen LogP contribution in [0.15, 0.2) is 116 Å². The van der Waals surface area contributed by atoms with E-state index in [2.05, 4.69) is 45.5 Å². The molecule has 3 N–H and O–H groups in total. The fourth-order valence-corrected chi connectivity index (χ4v) is 11.1. The third-order valence-corrected chi connectivity index (χ3v) is 14.8. The van der Waals surface area contributed by atoms with Crippen LogP contribution in [0.2, 0.25) is 0 Å². The zero-order chi connectivity index (χ0) is 46.4. The number of aromatic nitrogens is 8. The number of nitrogens with one attached hydrogen (secondary N) is 3. The van der Waals surface area contributed by atoms with E-state index in [4.69, 9.17) is 18.5 Å². The van der Waals surface area contributed by atoms with E-state index in [0.717, 1.165) is 44.1 Å². The molecule has 67 heavy (non-hydrogen) atoms. The van der Waals surface area contributed by atoms with Crippen molar-refractivity contribution >= 4 is 48.4 Å². The molecule has 2 fully saturated rings. The number of hydrogen-bond acceptors (Lipinski definition) is 16. The van der Waals surface area contributed by atoms with E-state index in [0.29, 0.717) is 82.6 Å². The number of piperidine rings is 2. The van der Waals surface area contributed by atoms with Crippen molar-refractivity contribution in [2.75, 3.05) is 20.1 Å². The van der Waals surface area contributed by atoms with Crippen LogP contribution in [0.1, 0.15) is 90.0 Å². The van der Waals surface area contributed by atoms with Crippen molar-refractivity contribution < 1.29 is 40.2 Å². The molecule has 8 aromatic rings. The molecule has 2 aliphatic heterocycles. The number of carbonyl (C=O) groups is 1. The normalized spacial score (nSPS) is 17.3. The first kappa shape index (κ1) is 45.3. The van der Waals surface area contributed by atoms with E-state index >= 15 is 0 Å². The molecule has 2 unspecified atom stereocenters. The number of aromatic amines is 2. The third-order valence-electron chi connectivity index (χ3n) is 11.4. The molecule has 4 aromatic carbocycles. The molecule has 348 valence electrons. The number of hydrogen-bond donors (Lipinski definition) is 3. The topological polar surface area (TPSA) is 258 Å². The minimum Gasteiger partial charge on any atom is -0.484 e. The fraction of sp³-hybridized carbons (Fsp3) is 0.311. The third kappa shape index (κ3) is 10.1. The summed E-state index contributed by atoms with van der Waals surface area (Å²) in [5.41, 5.74) is 4.22. The van der Waals surface area contributed by atoms with Crippen molar-refractivity contribution in [2.24, 2.45) is 0 Å². The van der Waals surface area contributed by atoms with Crippen LogP contribution in [0, 0.1) is 0 Å². The molecule has 2 aliphatic rings. The van der Waals surface area contributed by atoms with E-state index in [1.807, 2.05) is 55.6 Å². The molecule has 20 nitrogen and oxygen atoms in total. The molecule has 6 heterocycles. The predicted octanol–water partition coefficient (Wildman–Crippen LogP) is 6.41. The summed E-state index contributed by atoms with van der Waals surface area (Å²) in [6, 6.07) is 27.7. The Morgan fingerprint density at radius 1 is 0.642 bits per heavy atom. The average molecular weight is 950 g/mol. The van der Waals surface area contributed by atoms with Crippen LogP contribution >= 0.6 is 0 Å². The van der Waals surface area contributed by atoms with Crippen LogP contribution in [0.4, 0.5) is 0 Å². The highest BCUT2D eigenvalue weighted by Gasteiger charge is 2.40. The number of fused-ring (bicyclic) bond motifs is 2. The van der Waals surface area contributed by atoms with E-state index in [9.17, 15) is 21.6 Å². The highest BCUT2D eigenvalue weighted by molar-refractivity contribution is 7.89. The maximum atomic E-state index is 13.4. The van der Waals surface area contributed by atoms with Gasteiger partial charge in [0.1, 0.15) is 17.8 Å². The Morgan fingerprint density at radius 3 is 1.55 bits per heavy atom. The maximum absolute atomic E-state index is 13.4. The van der Waals surface area contributed by atoms with Crippen LogP contribution in [-0.4, -0.2) is 92.1 Å². The second-order valence-corrected chi connectivity index (χ2v) is 19.5. The number of para-hydroxylation sites is 4. The number of rotatable bonds is 15. The van der Waals surface area contributed by atoms with Crippen LogP contribution in [0.3, 0.4) is 0 Å². The number of sulfonamides is 2. The molecule has 0 saturated carbocycles. The van der Waals surface area contributed by atoms with E-state index in [1.165, 1.54) is 8.61 Å². The summed E-state index contributed by atoms with van der Waals surface area (Å²) in [6.07, 6.45) is 5.15. The van der Waals surface area contributed by atoms with Gasteiger partial charge in [0.25, 0.3) is 31.8 Å². The molecule has 10 rings (SSSR count). The summed E-state index contributed by atoms with van der Waals surface area (Å²) in [4.78, 5) is 34.0. The lowest BCUT2D eigenvalue weighted by molar-refractivity contribution is 0.112. The molecular weight excluding hydrogens is 903 g/mol. The molecule has 4 aromatic heterocycles. The molecular formula is C45H47N11O9S2. The molecule has 0 radical (unpaired) electrons. The first-order valence-corrected chi connectivity index (χ1v) is 24.6. The number of nitrogens with zero attached hydrogens (tertiary/aromatic N) is 8. The van der Waals surface area contributed by atoms with Crippen LogP contribution in [0.5, 0.6) is 11.5 Å². The largest absolute Gasteiger partial charge is 0.484 e. The second-order valence-electron chi connectivity index (χ2n) is 15.9. The van der Waals surface area contributed by atoms with Gasteiger partial charge in [-0.25, -0.2) is 26.8 Å². The van der Waals surface area contributed by atoms with Crippen molar-refractivity contribution in [2.45, 2.75) is 80.7 Å². The van der Waals surface area contributed by atoms with Gasteiger partial charge in [-0.3, -0.25) is 4.79 Å². The smallest absolute Gasteiger partial charge is 0.277 e. The van der Waals surface area contributed by atoms with Crippen molar-refractivity contribution in [3.63, 3.8) is 0 Å². The Bertz CT molecular complexity index is 3100. The number of ether oxygens (including phenoxy) is 2. The average Bonchev–Trinajstić information content (AvgIpc) is 4.21. The van der Waals surface area contributed by atoms with Crippen molar-refractivity contribution in [3.8, 4) is 11.5 Å². The Balaban J connectivity index is 0.000000168. The summed E-state index contributed by atoms with van der Waals surface area (Å²) in [7, 11) is -5.86. The Hall–Kier alpha value is -6.85. The van der Waals surface area contributed by atoms with Gasteiger partial charge in [-0.2, -0.15) is 18.6 Å². The number of benzene rings is 4. The molecule has 0 spiro atoms.